The fourth-order valence-corrected chi connectivity index (χ4v) is 2.22. The molecule has 1 amide bonds. The van der Waals surface area contributed by atoms with Gasteiger partial charge in [0.25, 0.3) is 5.91 Å². The summed E-state index contributed by atoms with van der Waals surface area (Å²) >= 11 is 5.94. The third-order valence-electron chi connectivity index (χ3n) is 3.33. The smallest absolute Gasteiger partial charge is 0.254 e. The summed E-state index contributed by atoms with van der Waals surface area (Å²) < 4.78 is 1.64. The van der Waals surface area contributed by atoms with E-state index < -0.39 is 0 Å². The summed E-state index contributed by atoms with van der Waals surface area (Å²) in [5.41, 5.74) is 1.39. The molecule has 112 valence electrons. The van der Waals surface area contributed by atoms with E-state index in [1.807, 2.05) is 12.1 Å². The standard InChI is InChI=1S/C14H15ClN4O.ClH/c15-12-2-1-3-13(4-12)19-9-11(8-18-19)14(20)17-7-10-5-16-6-10;/h1-4,8-10,16H,5-7H2,(H,17,20);1H. The first-order valence-corrected chi connectivity index (χ1v) is 6.90. The van der Waals surface area contributed by atoms with Crippen LogP contribution in [0.25, 0.3) is 5.69 Å². The van der Waals surface area contributed by atoms with Crippen LogP contribution >= 0.6 is 24.0 Å². The molecular formula is C14H16Cl2N4O. The molecule has 1 saturated heterocycles. The Hall–Kier alpha value is -1.56. The molecule has 2 aromatic rings. The molecule has 0 bridgehead atoms. The lowest BCUT2D eigenvalue weighted by Crippen LogP contribution is -2.48. The second-order valence-corrected chi connectivity index (χ2v) is 5.32. The first-order chi connectivity index (χ1) is 9.72. The monoisotopic (exact) mass is 326 g/mol. The Balaban J connectivity index is 0.00000161. The van der Waals surface area contributed by atoms with E-state index in [0.717, 1.165) is 18.8 Å². The summed E-state index contributed by atoms with van der Waals surface area (Å²) in [6, 6.07) is 7.34. The number of rotatable bonds is 4. The number of nitrogens with zero attached hydrogens (tertiary/aromatic N) is 2. The van der Waals surface area contributed by atoms with Crippen LogP contribution < -0.4 is 10.6 Å². The van der Waals surface area contributed by atoms with E-state index in [0.29, 0.717) is 23.0 Å². The first kappa shape index (κ1) is 15.8. The number of hydrogen-bond acceptors (Lipinski definition) is 3. The van der Waals surface area contributed by atoms with Gasteiger partial charge in [-0.25, -0.2) is 4.68 Å². The topological polar surface area (TPSA) is 59.0 Å². The van der Waals surface area contributed by atoms with Crippen LogP contribution in [-0.4, -0.2) is 35.3 Å². The number of carbonyl (C=O) groups excluding carboxylic acids is 1. The molecule has 2 heterocycles. The van der Waals surface area contributed by atoms with Crippen LogP contribution in [0.3, 0.4) is 0 Å². The van der Waals surface area contributed by atoms with Gasteiger partial charge in [-0.15, -0.1) is 12.4 Å². The van der Waals surface area contributed by atoms with Crippen molar-refractivity contribution in [2.24, 2.45) is 5.92 Å². The zero-order chi connectivity index (χ0) is 13.9. The van der Waals surface area contributed by atoms with Gasteiger partial charge in [0.05, 0.1) is 17.4 Å². The summed E-state index contributed by atoms with van der Waals surface area (Å²) in [5, 5.41) is 10.9. The third-order valence-corrected chi connectivity index (χ3v) is 3.57. The largest absolute Gasteiger partial charge is 0.352 e. The molecule has 7 heteroatoms. The number of halogens is 2. The Kier molecular flexibility index (Phi) is 5.22. The summed E-state index contributed by atoms with van der Waals surface area (Å²) in [4.78, 5) is 12.0. The lowest BCUT2D eigenvalue weighted by molar-refractivity contribution is 0.0942. The van der Waals surface area contributed by atoms with Crippen LogP contribution in [0.1, 0.15) is 10.4 Å². The Morgan fingerprint density at radius 3 is 2.95 bits per heavy atom. The van der Waals surface area contributed by atoms with E-state index in [1.54, 1.807) is 29.2 Å². The maximum Gasteiger partial charge on any atom is 0.254 e. The molecule has 0 aliphatic carbocycles. The van der Waals surface area contributed by atoms with Gasteiger partial charge in [-0.3, -0.25) is 4.79 Å². The average Bonchev–Trinajstić information content (AvgIpc) is 2.86. The van der Waals surface area contributed by atoms with E-state index in [1.165, 1.54) is 0 Å². The lowest BCUT2D eigenvalue weighted by Gasteiger charge is -2.26. The molecule has 0 saturated carbocycles. The van der Waals surface area contributed by atoms with Crippen molar-refractivity contribution in [2.45, 2.75) is 0 Å². The van der Waals surface area contributed by atoms with Crippen LogP contribution in [0.5, 0.6) is 0 Å². The highest BCUT2D eigenvalue weighted by Gasteiger charge is 2.18. The molecule has 0 spiro atoms. The van der Waals surface area contributed by atoms with Gasteiger partial charge in [0, 0.05) is 36.8 Å². The van der Waals surface area contributed by atoms with E-state index in [9.17, 15) is 4.79 Å². The molecule has 2 N–H and O–H groups in total. The van der Waals surface area contributed by atoms with Gasteiger partial charge in [0.1, 0.15) is 0 Å². The highest BCUT2D eigenvalue weighted by molar-refractivity contribution is 6.30. The maximum absolute atomic E-state index is 12.0. The van der Waals surface area contributed by atoms with Crippen molar-refractivity contribution in [2.75, 3.05) is 19.6 Å². The van der Waals surface area contributed by atoms with E-state index in [4.69, 9.17) is 11.6 Å². The summed E-state index contributed by atoms with van der Waals surface area (Å²) in [5.74, 6) is 0.451. The fourth-order valence-electron chi connectivity index (χ4n) is 2.03. The molecule has 1 aliphatic rings. The molecule has 3 rings (SSSR count). The Morgan fingerprint density at radius 2 is 2.29 bits per heavy atom. The first-order valence-electron chi connectivity index (χ1n) is 6.52. The number of carbonyl (C=O) groups is 1. The van der Waals surface area contributed by atoms with Crippen molar-refractivity contribution in [3.63, 3.8) is 0 Å². The predicted molar refractivity (Wildman–Crippen MR) is 84.5 cm³/mol. The van der Waals surface area contributed by atoms with Gasteiger partial charge in [0.15, 0.2) is 0 Å². The van der Waals surface area contributed by atoms with Crippen molar-refractivity contribution in [3.05, 3.63) is 47.2 Å². The van der Waals surface area contributed by atoms with Crippen LogP contribution in [0.4, 0.5) is 0 Å². The summed E-state index contributed by atoms with van der Waals surface area (Å²) in [6.07, 6.45) is 3.27. The quantitative estimate of drug-likeness (QED) is 0.902. The number of benzene rings is 1. The van der Waals surface area contributed by atoms with Crippen LogP contribution in [0.15, 0.2) is 36.7 Å². The minimum atomic E-state index is -0.0924. The number of aromatic nitrogens is 2. The molecule has 0 unspecified atom stereocenters. The summed E-state index contributed by atoms with van der Waals surface area (Å²) in [6.45, 7) is 2.65. The van der Waals surface area contributed by atoms with Gasteiger partial charge < -0.3 is 10.6 Å². The molecule has 1 aromatic carbocycles. The van der Waals surface area contributed by atoms with E-state index in [2.05, 4.69) is 15.7 Å². The fraction of sp³-hybridized carbons (Fsp3) is 0.286. The van der Waals surface area contributed by atoms with Gasteiger partial charge in [-0.05, 0) is 18.2 Å². The molecule has 1 aromatic heterocycles. The van der Waals surface area contributed by atoms with Crippen molar-refractivity contribution < 1.29 is 4.79 Å². The SMILES string of the molecule is Cl.O=C(NCC1CNC1)c1cnn(-c2cccc(Cl)c2)c1. The molecule has 0 radical (unpaired) electrons. The van der Waals surface area contributed by atoms with Crippen molar-refractivity contribution in [1.82, 2.24) is 20.4 Å². The molecule has 5 nitrogen and oxygen atoms in total. The minimum Gasteiger partial charge on any atom is -0.352 e. The second-order valence-electron chi connectivity index (χ2n) is 4.89. The van der Waals surface area contributed by atoms with Crippen LogP contribution in [-0.2, 0) is 0 Å². The van der Waals surface area contributed by atoms with Crippen molar-refractivity contribution >= 4 is 29.9 Å². The van der Waals surface area contributed by atoms with E-state index in [-0.39, 0.29) is 18.3 Å². The van der Waals surface area contributed by atoms with Crippen molar-refractivity contribution in [3.8, 4) is 5.69 Å². The molecular weight excluding hydrogens is 311 g/mol. The van der Waals surface area contributed by atoms with Crippen molar-refractivity contribution in [1.29, 1.82) is 0 Å². The molecule has 21 heavy (non-hydrogen) atoms. The number of hydrogen-bond donors (Lipinski definition) is 2. The molecule has 0 atom stereocenters. The zero-order valence-corrected chi connectivity index (χ0v) is 12.8. The zero-order valence-electron chi connectivity index (χ0n) is 11.3. The molecule has 1 fully saturated rings. The third kappa shape index (κ3) is 3.75. The Morgan fingerprint density at radius 1 is 1.48 bits per heavy atom. The second kappa shape index (κ2) is 6.93. The van der Waals surface area contributed by atoms with Gasteiger partial charge in [-0.1, -0.05) is 17.7 Å². The van der Waals surface area contributed by atoms with Gasteiger partial charge in [0.2, 0.25) is 0 Å². The Labute approximate surface area is 134 Å². The number of amides is 1. The Bertz CT molecular complexity index is 625. The number of nitrogens with one attached hydrogen (secondary N) is 2. The van der Waals surface area contributed by atoms with Crippen LogP contribution in [0, 0.1) is 5.92 Å². The highest BCUT2D eigenvalue weighted by atomic mass is 35.5. The van der Waals surface area contributed by atoms with Gasteiger partial charge in [-0.2, -0.15) is 5.10 Å². The maximum atomic E-state index is 12.0. The minimum absolute atomic E-state index is 0. The van der Waals surface area contributed by atoms with Crippen LogP contribution in [0.2, 0.25) is 5.02 Å². The molecule has 1 aliphatic heterocycles. The normalized spacial score (nSPS) is 14.1. The highest BCUT2D eigenvalue weighted by Crippen LogP contribution is 2.14. The summed E-state index contributed by atoms with van der Waals surface area (Å²) in [7, 11) is 0. The lowest BCUT2D eigenvalue weighted by atomic mass is 10.0. The predicted octanol–water partition coefficient (Wildman–Crippen LogP) is 1.90. The van der Waals surface area contributed by atoms with E-state index >= 15 is 0 Å². The average molecular weight is 327 g/mol. The van der Waals surface area contributed by atoms with Gasteiger partial charge >= 0.3 is 0 Å².